The van der Waals surface area contributed by atoms with E-state index in [0.29, 0.717) is 12.5 Å². The zero-order valence-corrected chi connectivity index (χ0v) is 7.51. The molecule has 2 nitrogen and oxygen atoms in total. The van der Waals surface area contributed by atoms with Crippen LogP contribution in [-0.2, 0) is 0 Å². The third-order valence-corrected chi connectivity index (χ3v) is 1.65. The Hall–Kier alpha value is -0.340. The molecule has 0 aliphatic rings. The molecule has 0 radical (unpaired) electrons. The molecule has 0 aliphatic heterocycles. The van der Waals surface area contributed by atoms with Crippen LogP contribution in [0.5, 0.6) is 0 Å². The maximum absolute atomic E-state index is 9.34. The summed E-state index contributed by atoms with van der Waals surface area (Å²) in [5.41, 5.74) is 0. The van der Waals surface area contributed by atoms with Gasteiger partial charge in [-0.1, -0.05) is 19.9 Å². The van der Waals surface area contributed by atoms with Crippen LogP contribution < -0.4 is 5.32 Å². The number of hydrogen-bond acceptors (Lipinski definition) is 2. The second kappa shape index (κ2) is 6.38. The van der Waals surface area contributed by atoms with Gasteiger partial charge in [-0.15, -0.1) is 6.58 Å². The lowest BCUT2D eigenvalue weighted by molar-refractivity contribution is 0.124. The maximum atomic E-state index is 9.34. The highest BCUT2D eigenvalue weighted by molar-refractivity contribution is 4.69. The molecule has 2 N–H and O–H groups in total. The van der Waals surface area contributed by atoms with Crippen molar-refractivity contribution in [2.24, 2.45) is 5.92 Å². The molecule has 0 aromatic rings. The fraction of sp³-hybridized carbons (Fsp3) is 0.778. The van der Waals surface area contributed by atoms with E-state index in [2.05, 4.69) is 11.9 Å². The number of rotatable bonds is 6. The van der Waals surface area contributed by atoms with Gasteiger partial charge in [0.15, 0.2) is 0 Å². The number of aliphatic hydroxyl groups excluding tert-OH is 1. The van der Waals surface area contributed by atoms with Gasteiger partial charge >= 0.3 is 0 Å². The minimum absolute atomic E-state index is 0.222. The van der Waals surface area contributed by atoms with E-state index in [4.69, 9.17) is 0 Å². The molecule has 0 amide bonds. The van der Waals surface area contributed by atoms with Gasteiger partial charge in [-0.25, -0.2) is 0 Å². The summed E-state index contributed by atoms with van der Waals surface area (Å²) in [7, 11) is 0. The van der Waals surface area contributed by atoms with Crippen molar-refractivity contribution in [1.82, 2.24) is 5.32 Å². The first-order chi connectivity index (χ1) is 5.18. The third kappa shape index (κ3) is 6.07. The topological polar surface area (TPSA) is 32.3 Å². The quantitative estimate of drug-likeness (QED) is 0.448. The molecule has 2 heteroatoms. The zero-order valence-electron chi connectivity index (χ0n) is 7.51. The summed E-state index contributed by atoms with van der Waals surface area (Å²) in [6, 6.07) is 0. The average molecular weight is 157 g/mol. The summed E-state index contributed by atoms with van der Waals surface area (Å²) in [5, 5.41) is 12.5. The zero-order chi connectivity index (χ0) is 8.69. The fourth-order valence-electron chi connectivity index (χ4n) is 0.690. The van der Waals surface area contributed by atoms with Gasteiger partial charge in [-0.2, -0.15) is 0 Å². The molecule has 66 valence electrons. The molecule has 0 fully saturated rings. The van der Waals surface area contributed by atoms with Crippen LogP contribution in [0.3, 0.4) is 0 Å². The van der Waals surface area contributed by atoms with E-state index < -0.39 is 0 Å². The van der Waals surface area contributed by atoms with E-state index in [1.165, 1.54) is 0 Å². The monoisotopic (exact) mass is 157 g/mol. The van der Waals surface area contributed by atoms with Gasteiger partial charge in [-0.3, -0.25) is 0 Å². The molecule has 0 aromatic carbocycles. The molecular formula is C9H19NO. The Balaban J connectivity index is 3.17. The Labute approximate surface area is 69.3 Å². The normalized spacial score (nSPS) is 13.5. The molecule has 0 aromatic heterocycles. The molecule has 0 saturated heterocycles. The van der Waals surface area contributed by atoms with Crippen molar-refractivity contribution in [1.29, 1.82) is 0 Å². The second-order valence-corrected chi connectivity index (χ2v) is 3.09. The van der Waals surface area contributed by atoms with Crippen molar-refractivity contribution in [2.75, 3.05) is 13.1 Å². The summed E-state index contributed by atoms with van der Waals surface area (Å²) >= 11 is 0. The molecule has 0 aliphatic carbocycles. The van der Waals surface area contributed by atoms with E-state index in [-0.39, 0.29) is 6.10 Å². The molecule has 0 bridgehead atoms. The van der Waals surface area contributed by atoms with Gasteiger partial charge in [0.25, 0.3) is 0 Å². The Bertz CT molecular complexity index is 102. The summed E-state index contributed by atoms with van der Waals surface area (Å²) in [5.74, 6) is 0.339. The average Bonchev–Trinajstić information content (AvgIpc) is 1.97. The molecule has 11 heavy (non-hydrogen) atoms. The van der Waals surface area contributed by atoms with Gasteiger partial charge in [0, 0.05) is 6.54 Å². The van der Waals surface area contributed by atoms with E-state index >= 15 is 0 Å². The lowest BCUT2D eigenvalue weighted by atomic mass is 10.1. The summed E-state index contributed by atoms with van der Waals surface area (Å²) < 4.78 is 0. The van der Waals surface area contributed by atoms with Crippen molar-refractivity contribution >= 4 is 0 Å². The molecule has 1 unspecified atom stereocenters. The van der Waals surface area contributed by atoms with Crippen LogP contribution in [-0.4, -0.2) is 24.3 Å². The lowest BCUT2D eigenvalue weighted by Gasteiger charge is -2.14. The van der Waals surface area contributed by atoms with E-state index in [1.807, 2.05) is 19.9 Å². The maximum Gasteiger partial charge on any atom is 0.0687 e. The highest BCUT2D eigenvalue weighted by Gasteiger charge is 2.06. The first-order valence-corrected chi connectivity index (χ1v) is 4.18. The van der Waals surface area contributed by atoms with Gasteiger partial charge < -0.3 is 10.4 Å². The number of nitrogens with one attached hydrogen (secondary N) is 1. The SMILES string of the molecule is C=CCCNCC(O)C(C)C. The van der Waals surface area contributed by atoms with E-state index in [0.717, 1.165) is 13.0 Å². The number of hydrogen-bond donors (Lipinski definition) is 2. The predicted octanol–water partition coefficient (Wildman–Crippen LogP) is 1.17. The molecular weight excluding hydrogens is 138 g/mol. The van der Waals surface area contributed by atoms with Crippen LogP contribution in [0.2, 0.25) is 0 Å². The van der Waals surface area contributed by atoms with Crippen LogP contribution in [0, 0.1) is 5.92 Å². The summed E-state index contributed by atoms with van der Waals surface area (Å²) in [6.45, 7) is 9.23. The highest BCUT2D eigenvalue weighted by Crippen LogP contribution is 1.98. The van der Waals surface area contributed by atoms with Gasteiger partial charge in [0.2, 0.25) is 0 Å². The Morgan fingerprint density at radius 3 is 2.64 bits per heavy atom. The van der Waals surface area contributed by atoms with Crippen LogP contribution in [0.4, 0.5) is 0 Å². The first kappa shape index (κ1) is 10.7. The third-order valence-electron chi connectivity index (χ3n) is 1.65. The minimum Gasteiger partial charge on any atom is -0.392 e. The van der Waals surface area contributed by atoms with Crippen molar-refractivity contribution in [3.8, 4) is 0 Å². The Morgan fingerprint density at radius 1 is 1.55 bits per heavy atom. The molecule has 0 spiro atoms. The first-order valence-electron chi connectivity index (χ1n) is 4.18. The van der Waals surface area contributed by atoms with Gasteiger partial charge in [0.1, 0.15) is 0 Å². The van der Waals surface area contributed by atoms with Crippen LogP contribution in [0.25, 0.3) is 0 Å². The van der Waals surface area contributed by atoms with Crippen LogP contribution >= 0.6 is 0 Å². The fourth-order valence-corrected chi connectivity index (χ4v) is 0.690. The number of aliphatic hydroxyl groups is 1. The Kier molecular flexibility index (Phi) is 6.18. The molecule has 1 atom stereocenters. The van der Waals surface area contributed by atoms with E-state index in [1.54, 1.807) is 0 Å². The standard InChI is InChI=1S/C9H19NO/c1-4-5-6-10-7-9(11)8(2)3/h4,8-11H,1,5-7H2,2-3H3. The van der Waals surface area contributed by atoms with Crippen LogP contribution in [0.15, 0.2) is 12.7 Å². The minimum atomic E-state index is -0.222. The van der Waals surface area contributed by atoms with Crippen molar-refractivity contribution < 1.29 is 5.11 Å². The smallest absolute Gasteiger partial charge is 0.0687 e. The van der Waals surface area contributed by atoms with Crippen LogP contribution in [0.1, 0.15) is 20.3 Å². The molecule has 0 heterocycles. The lowest BCUT2D eigenvalue weighted by Crippen LogP contribution is -2.30. The predicted molar refractivity (Wildman–Crippen MR) is 48.5 cm³/mol. The van der Waals surface area contributed by atoms with Crippen molar-refractivity contribution in [3.63, 3.8) is 0 Å². The second-order valence-electron chi connectivity index (χ2n) is 3.09. The van der Waals surface area contributed by atoms with Gasteiger partial charge in [-0.05, 0) is 18.9 Å². The van der Waals surface area contributed by atoms with E-state index in [9.17, 15) is 5.11 Å². The van der Waals surface area contributed by atoms with Crippen molar-refractivity contribution in [2.45, 2.75) is 26.4 Å². The summed E-state index contributed by atoms with van der Waals surface area (Å²) in [6.07, 6.45) is 2.61. The summed E-state index contributed by atoms with van der Waals surface area (Å²) in [4.78, 5) is 0. The molecule has 0 saturated carbocycles. The van der Waals surface area contributed by atoms with Crippen molar-refractivity contribution in [3.05, 3.63) is 12.7 Å². The van der Waals surface area contributed by atoms with Gasteiger partial charge in [0.05, 0.1) is 6.10 Å². The largest absolute Gasteiger partial charge is 0.392 e. The Morgan fingerprint density at radius 2 is 2.18 bits per heavy atom. The highest BCUT2D eigenvalue weighted by atomic mass is 16.3. The molecule has 0 rings (SSSR count).